The van der Waals surface area contributed by atoms with Crippen LogP contribution in [0.15, 0.2) is 52.1 Å². The molecule has 3 aromatic rings. The Hall–Kier alpha value is -3.55. The molecule has 132 valence electrons. The highest BCUT2D eigenvalue weighted by atomic mass is 16.7. The maximum atomic E-state index is 12.8. The molecule has 0 atom stereocenters. The highest BCUT2D eigenvalue weighted by Crippen LogP contribution is 2.32. The van der Waals surface area contributed by atoms with Gasteiger partial charge in [0.15, 0.2) is 11.5 Å². The topological polar surface area (TPSA) is 106 Å². The number of fused-ring (bicyclic) bond motifs is 2. The van der Waals surface area contributed by atoms with E-state index in [1.54, 1.807) is 42.5 Å². The molecule has 0 saturated heterocycles. The van der Waals surface area contributed by atoms with Gasteiger partial charge in [0.05, 0.1) is 17.4 Å². The molecule has 2 heterocycles. The van der Waals surface area contributed by atoms with Crippen LogP contribution < -0.4 is 26.5 Å². The molecule has 1 aromatic heterocycles. The van der Waals surface area contributed by atoms with E-state index in [-0.39, 0.29) is 19.9 Å². The Bertz CT molecular complexity index is 1150. The van der Waals surface area contributed by atoms with Crippen molar-refractivity contribution in [1.29, 1.82) is 0 Å². The number of hydrogen-bond donors (Lipinski definition) is 1. The van der Waals surface area contributed by atoms with E-state index < -0.39 is 17.2 Å². The third kappa shape index (κ3) is 2.61. The number of aromatic nitrogens is 2. The number of nitrogens with two attached hydrogens (primary N) is 1. The summed E-state index contributed by atoms with van der Waals surface area (Å²) in [7, 11) is 0. The SMILES string of the molecule is NC(=O)Cn1c(=O)n(Cc2ccc3c(c2)OCO3)c(=O)c2ccccc21. The first-order chi connectivity index (χ1) is 12.5. The quantitative estimate of drug-likeness (QED) is 0.732. The summed E-state index contributed by atoms with van der Waals surface area (Å²) in [4.78, 5) is 37.0. The predicted octanol–water partition coefficient (Wildman–Crippen LogP) is 0.425. The van der Waals surface area contributed by atoms with Gasteiger partial charge >= 0.3 is 5.69 Å². The molecular weight excluding hydrogens is 338 g/mol. The number of para-hydroxylation sites is 1. The van der Waals surface area contributed by atoms with E-state index in [0.717, 1.165) is 4.57 Å². The third-order valence-corrected chi connectivity index (χ3v) is 4.22. The molecule has 4 rings (SSSR count). The molecule has 0 bridgehead atoms. The molecule has 0 spiro atoms. The zero-order valence-electron chi connectivity index (χ0n) is 13.7. The van der Waals surface area contributed by atoms with Gasteiger partial charge in [0.25, 0.3) is 5.56 Å². The molecule has 8 nitrogen and oxygen atoms in total. The molecule has 1 aliphatic heterocycles. The molecule has 2 N–H and O–H groups in total. The van der Waals surface area contributed by atoms with Crippen LogP contribution in [0.5, 0.6) is 11.5 Å². The fourth-order valence-electron chi connectivity index (χ4n) is 3.04. The second-order valence-corrected chi connectivity index (χ2v) is 5.93. The van der Waals surface area contributed by atoms with Crippen LogP contribution in [0.2, 0.25) is 0 Å². The monoisotopic (exact) mass is 353 g/mol. The Kier molecular flexibility index (Phi) is 3.72. The fourth-order valence-corrected chi connectivity index (χ4v) is 3.04. The summed E-state index contributed by atoms with van der Waals surface area (Å²) in [6.07, 6.45) is 0. The molecule has 0 radical (unpaired) electrons. The molecule has 26 heavy (non-hydrogen) atoms. The largest absolute Gasteiger partial charge is 0.454 e. The van der Waals surface area contributed by atoms with Gasteiger partial charge in [-0.2, -0.15) is 0 Å². The minimum absolute atomic E-state index is 0.0396. The van der Waals surface area contributed by atoms with Crippen molar-refractivity contribution in [3.05, 3.63) is 68.9 Å². The van der Waals surface area contributed by atoms with Crippen molar-refractivity contribution in [2.75, 3.05) is 6.79 Å². The van der Waals surface area contributed by atoms with E-state index >= 15 is 0 Å². The van der Waals surface area contributed by atoms with Gasteiger partial charge < -0.3 is 15.2 Å². The number of amides is 1. The van der Waals surface area contributed by atoms with Gasteiger partial charge in [-0.05, 0) is 29.8 Å². The zero-order valence-corrected chi connectivity index (χ0v) is 13.7. The van der Waals surface area contributed by atoms with Gasteiger partial charge in [-0.3, -0.25) is 18.7 Å². The normalized spacial score (nSPS) is 12.5. The van der Waals surface area contributed by atoms with Gasteiger partial charge in [-0.25, -0.2) is 4.79 Å². The van der Waals surface area contributed by atoms with Crippen molar-refractivity contribution in [3.63, 3.8) is 0 Å². The van der Waals surface area contributed by atoms with E-state index in [1.165, 1.54) is 4.57 Å². The summed E-state index contributed by atoms with van der Waals surface area (Å²) in [6, 6.07) is 11.8. The second-order valence-electron chi connectivity index (χ2n) is 5.93. The van der Waals surface area contributed by atoms with E-state index in [2.05, 4.69) is 0 Å². The van der Waals surface area contributed by atoms with Gasteiger partial charge in [0.2, 0.25) is 12.7 Å². The van der Waals surface area contributed by atoms with Crippen molar-refractivity contribution < 1.29 is 14.3 Å². The van der Waals surface area contributed by atoms with Gasteiger partial charge in [0, 0.05) is 0 Å². The first-order valence-corrected chi connectivity index (χ1v) is 7.94. The molecular formula is C18H15N3O5. The van der Waals surface area contributed by atoms with E-state index in [4.69, 9.17) is 15.2 Å². The number of primary amides is 1. The van der Waals surface area contributed by atoms with E-state index in [0.29, 0.717) is 28.0 Å². The highest BCUT2D eigenvalue weighted by molar-refractivity contribution is 5.80. The minimum atomic E-state index is -0.662. The Labute approximate surface area is 147 Å². The summed E-state index contributed by atoms with van der Waals surface area (Å²) in [5, 5.41) is 0.342. The lowest BCUT2D eigenvalue weighted by molar-refractivity contribution is -0.118. The molecule has 2 aromatic carbocycles. The number of nitrogens with zero attached hydrogens (tertiary/aromatic N) is 2. The van der Waals surface area contributed by atoms with Gasteiger partial charge in [0.1, 0.15) is 6.54 Å². The summed E-state index contributed by atoms with van der Waals surface area (Å²) >= 11 is 0. The van der Waals surface area contributed by atoms with Gasteiger partial charge in [-0.15, -0.1) is 0 Å². The average Bonchev–Trinajstić information content (AvgIpc) is 3.10. The van der Waals surface area contributed by atoms with Crippen LogP contribution in [-0.2, 0) is 17.9 Å². The second kappa shape index (κ2) is 6.07. The summed E-state index contributed by atoms with van der Waals surface area (Å²) < 4.78 is 12.9. The summed E-state index contributed by atoms with van der Waals surface area (Å²) in [6.45, 7) is -0.126. The van der Waals surface area contributed by atoms with Crippen LogP contribution in [0, 0.1) is 0 Å². The molecule has 8 heteroatoms. The van der Waals surface area contributed by atoms with Crippen LogP contribution >= 0.6 is 0 Å². The van der Waals surface area contributed by atoms with Crippen molar-refractivity contribution in [2.24, 2.45) is 5.73 Å². The fraction of sp³-hybridized carbons (Fsp3) is 0.167. The number of benzene rings is 2. The third-order valence-electron chi connectivity index (χ3n) is 4.22. The Balaban J connectivity index is 1.88. The van der Waals surface area contributed by atoms with Gasteiger partial charge in [-0.1, -0.05) is 18.2 Å². The maximum Gasteiger partial charge on any atom is 0.332 e. The number of carbonyl (C=O) groups is 1. The Morgan fingerprint density at radius 2 is 1.81 bits per heavy atom. The van der Waals surface area contributed by atoms with E-state index in [9.17, 15) is 14.4 Å². The standard InChI is InChI=1S/C18H15N3O5/c19-16(22)9-20-13-4-2-1-3-12(13)17(23)21(18(20)24)8-11-5-6-14-15(7-11)26-10-25-14/h1-7H,8-10H2,(H2,19,22). The average molecular weight is 353 g/mol. The first-order valence-electron chi connectivity index (χ1n) is 7.94. The lowest BCUT2D eigenvalue weighted by Crippen LogP contribution is -2.42. The van der Waals surface area contributed by atoms with Crippen molar-refractivity contribution in [3.8, 4) is 11.5 Å². The van der Waals surface area contributed by atoms with E-state index in [1.807, 2.05) is 0 Å². The number of ether oxygens (including phenoxy) is 2. The highest BCUT2D eigenvalue weighted by Gasteiger charge is 2.17. The molecule has 0 aliphatic carbocycles. The molecule has 1 aliphatic rings. The van der Waals surface area contributed by atoms with Crippen LogP contribution in [0.1, 0.15) is 5.56 Å². The van der Waals surface area contributed by atoms with Crippen LogP contribution in [0.4, 0.5) is 0 Å². The van der Waals surface area contributed by atoms with Crippen molar-refractivity contribution >= 4 is 16.8 Å². The number of carbonyl (C=O) groups excluding carboxylic acids is 1. The first kappa shape index (κ1) is 15.9. The summed E-state index contributed by atoms with van der Waals surface area (Å²) in [5.74, 6) is 0.519. The smallest absolute Gasteiger partial charge is 0.332 e. The molecule has 0 fully saturated rings. The lowest BCUT2D eigenvalue weighted by atomic mass is 10.2. The van der Waals surface area contributed by atoms with Crippen LogP contribution in [-0.4, -0.2) is 21.8 Å². The zero-order chi connectivity index (χ0) is 18.3. The Morgan fingerprint density at radius 1 is 1.04 bits per heavy atom. The maximum absolute atomic E-state index is 12.8. The minimum Gasteiger partial charge on any atom is -0.454 e. The molecule has 0 saturated carbocycles. The summed E-state index contributed by atoms with van der Waals surface area (Å²) in [5.41, 5.74) is 5.33. The number of hydrogen-bond acceptors (Lipinski definition) is 5. The molecule has 0 unspecified atom stereocenters. The Morgan fingerprint density at radius 3 is 2.62 bits per heavy atom. The van der Waals surface area contributed by atoms with Crippen molar-refractivity contribution in [2.45, 2.75) is 13.1 Å². The lowest BCUT2D eigenvalue weighted by Gasteiger charge is -2.13. The van der Waals surface area contributed by atoms with Crippen LogP contribution in [0.3, 0.4) is 0 Å². The van der Waals surface area contributed by atoms with Crippen molar-refractivity contribution in [1.82, 2.24) is 9.13 Å². The predicted molar refractivity (Wildman–Crippen MR) is 93.3 cm³/mol. The number of rotatable bonds is 4. The molecule has 1 amide bonds. The van der Waals surface area contributed by atoms with Crippen LogP contribution in [0.25, 0.3) is 10.9 Å².